The molecule has 0 spiro atoms. The van der Waals surface area contributed by atoms with Crippen molar-refractivity contribution in [1.29, 1.82) is 0 Å². The number of anilines is 2. The molecule has 3 aromatic heterocycles. The zero-order valence-electron chi connectivity index (χ0n) is 15.9. The van der Waals surface area contributed by atoms with Gasteiger partial charge in [-0.3, -0.25) is 4.98 Å². The van der Waals surface area contributed by atoms with Crippen LogP contribution in [0.3, 0.4) is 0 Å². The molecule has 0 aliphatic carbocycles. The Morgan fingerprint density at radius 1 is 1.15 bits per heavy atom. The number of nitrogens with zero attached hydrogens (tertiary/aromatic N) is 8. The molecule has 1 atom stereocenters. The van der Waals surface area contributed by atoms with Gasteiger partial charge in [0.2, 0.25) is 11.9 Å². The third-order valence-corrected chi connectivity index (χ3v) is 4.88. The maximum atomic E-state index is 5.85. The molecule has 1 unspecified atom stereocenters. The second-order valence-electron chi connectivity index (χ2n) is 6.20. The molecule has 0 aliphatic heterocycles. The number of thioether (sulfide) groups is 1. The summed E-state index contributed by atoms with van der Waals surface area (Å²) < 4.78 is 2.12. The first-order chi connectivity index (χ1) is 13.0. The molecule has 0 radical (unpaired) electrons. The van der Waals surface area contributed by atoms with Crippen LogP contribution in [0.2, 0.25) is 0 Å². The lowest BCUT2D eigenvalue weighted by Crippen LogP contribution is -2.16. The lowest BCUT2D eigenvalue weighted by molar-refractivity contribution is 0.625. The number of nitrogens with two attached hydrogens (primary N) is 1. The van der Waals surface area contributed by atoms with Crippen molar-refractivity contribution >= 4 is 23.7 Å². The van der Waals surface area contributed by atoms with Gasteiger partial charge in [-0.05, 0) is 25.5 Å². The highest BCUT2D eigenvalue weighted by atomic mass is 32.2. The number of hydrogen-bond donors (Lipinski definition) is 1. The highest BCUT2D eigenvalue weighted by Gasteiger charge is 2.20. The van der Waals surface area contributed by atoms with E-state index in [0.29, 0.717) is 11.8 Å². The summed E-state index contributed by atoms with van der Waals surface area (Å²) in [6, 6.07) is 3.87. The molecule has 3 heterocycles. The van der Waals surface area contributed by atoms with Gasteiger partial charge in [-0.25, -0.2) is 0 Å². The van der Waals surface area contributed by atoms with E-state index in [9.17, 15) is 0 Å². The quantitative estimate of drug-likeness (QED) is 0.613. The van der Waals surface area contributed by atoms with Crippen LogP contribution in [0.5, 0.6) is 0 Å². The van der Waals surface area contributed by atoms with Crippen molar-refractivity contribution in [2.24, 2.45) is 0 Å². The largest absolute Gasteiger partial charge is 0.368 e. The second-order valence-corrected chi connectivity index (χ2v) is 7.51. The molecular weight excluding hydrogens is 362 g/mol. The zero-order chi connectivity index (χ0) is 19.4. The first-order valence-corrected chi connectivity index (χ1v) is 9.56. The van der Waals surface area contributed by atoms with E-state index >= 15 is 0 Å². The van der Waals surface area contributed by atoms with Crippen LogP contribution in [0.25, 0.3) is 11.4 Å². The average molecular weight is 386 g/mol. The standard InChI is InChI=1S/C17H23N9S/c1-5-10-26-14(12-6-8-19-9-7-12)23-24-17(26)27-11(2)13-20-15(18)22-16(21-13)25(3)4/h6-9,11H,5,10H2,1-4H3,(H2,18,20,21,22). The van der Waals surface area contributed by atoms with Crippen LogP contribution in [-0.2, 0) is 6.54 Å². The van der Waals surface area contributed by atoms with Gasteiger partial charge in [0, 0.05) is 38.6 Å². The van der Waals surface area contributed by atoms with Gasteiger partial charge in [0.05, 0.1) is 5.25 Å². The Balaban J connectivity index is 1.90. The molecule has 2 N–H and O–H groups in total. The van der Waals surface area contributed by atoms with Crippen LogP contribution in [0, 0.1) is 0 Å². The Hall–Kier alpha value is -2.75. The minimum Gasteiger partial charge on any atom is -0.368 e. The first kappa shape index (κ1) is 19.0. The van der Waals surface area contributed by atoms with Crippen molar-refractivity contribution in [3.63, 3.8) is 0 Å². The van der Waals surface area contributed by atoms with Crippen LogP contribution in [-0.4, -0.2) is 48.8 Å². The van der Waals surface area contributed by atoms with Crippen LogP contribution < -0.4 is 10.6 Å². The summed E-state index contributed by atoms with van der Waals surface area (Å²) in [4.78, 5) is 18.8. The molecule has 142 valence electrons. The summed E-state index contributed by atoms with van der Waals surface area (Å²) in [7, 11) is 3.74. The molecule has 0 aliphatic rings. The first-order valence-electron chi connectivity index (χ1n) is 8.68. The Labute approximate surface area is 162 Å². The van der Waals surface area contributed by atoms with Gasteiger partial charge in [-0.1, -0.05) is 18.7 Å². The van der Waals surface area contributed by atoms with Gasteiger partial charge < -0.3 is 15.2 Å². The SMILES string of the molecule is CCCn1c(SC(C)c2nc(N)nc(N(C)C)n2)nnc1-c1ccncc1. The van der Waals surface area contributed by atoms with Crippen LogP contribution in [0.15, 0.2) is 29.7 Å². The Morgan fingerprint density at radius 2 is 1.89 bits per heavy atom. The van der Waals surface area contributed by atoms with Gasteiger partial charge in [0.1, 0.15) is 5.82 Å². The number of aromatic nitrogens is 7. The summed E-state index contributed by atoms with van der Waals surface area (Å²) in [6.45, 7) is 4.97. The Morgan fingerprint density at radius 3 is 2.56 bits per heavy atom. The van der Waals surface area contributed by atoms with Crippen molar-refractivity contribution in [3.05, 3.63) is 30.4 Å². The topological polar surface area (TPSA) is 112 Å². The number of rotatable bonds is 7. The molecule has 0 saturated carbocycles. The van der Waals surface area contributed by atoms with Crippen molar-refractivity contribution in [1.82, 2.24) is 34.7 Å². The van der Waals surface area contributed by atoms with Crippen LogP contribution in [0.1, 0.15) is 31.3 Å². The monoisotopic (exact) mass is 385 g/mol. The lowest BCUT2D eigenvalue weighted by Gasteiger charge is -2.15. The second kappa shape index (κ2) is 8.30. The van der Waals surface area contributed by atoms with Gasteiger partial charge in [0.25, 0.3) is 0 Å². The molecule has 9 nitrogen and oxygen atoms in total. The van der Waals surface area contributed by atoms with Crippen LogP contribution >= 0.6 is 11.8 Å². The fourth-order valence-electron chi connectivity index (χ4n) is 2.51. The molecule has 0 aromatic carbocycles. The third kappa shape index (κ3) is 4.33. The minimum atomic E-state index is -0.0564. The fourth-order valence-corrected chi connectivity index (χ4v) is 3.43. The van der Waals surface area contributed by atoms with Gasteiger partial charge >= 0.3 is 0 Å². The zero-order valence-corrected chi connectivity index (χ0v) is 16.7. The molecule has 10 heteroatoms. The van der Waals surface area contributed by atoms with Crippen molar-refractivity contribution in [3.8, 4) is 11.4 Å². The molecular formula is C17H23N9S. The van der Waals surface area contributed by atoms with Gasteiger partial charge in [0.15, 0.2) is 11.0 Å². The highest BCUT2D eigenvalue weighted by Crippen LogP contribution is 2.34. The molecule has 0 saturated heterocycles. The van der Waals surface area contributed by atoms with E-state index in [2.05, 4.69) is 41.6 Å². The maximum absolute atomic E-state index is 5.85. The summed E-state index contributed by atoms with van der Waals surface area (Å²) in [5.74, 6) is 2.20. The fraction of sp³-hybridized carbons (Fsp3) is 0.412. The smallest absolute Gasteiger partial charge is 0.229 e. The number of nitrogen functional groups attached to an aromatic ring is 1. The van der Waals surface area contributed by atoms with Gasteiger partial charge in [-0.15, -0.1) is 10.2 Å². The van der Waals surface area contributed by atoms with E-state index in [0.717, 1.165) is 29.5 Å². The lowest BCUT2D eigenvalue weighted by atomic mass is 10.2. The predicted octanol–water partition coefficient (Wildman–Crippen LogP) is 2.44. The highest BCUT2D eigenvalue weighted by molar-refractivity contribution is 7.99. The molecule has 0 amide bonds. The van der Waals surface area contributed by atoms with E-state index in [1.54, 1.807) is 29.1 Å². The average Bonchev–Trinajstić information content (AvgIpc) is 3.04. The number of hydrogen-bond acceptors (Lipinski definition) is 9. The summed E-state index contributed by atoms with van der Waals surface area (Å²) in [6.07, 6.45) is 4.49. The summed E-state index contributed by atoms with van der Waals surface area (Å²) in [5.41, 5.74) is 6.84. The molecule has 0 bridgehead atoms. The van der Waals surface area contributed by atoms with Crippen molar-refractivity contribution < 1.29 is 0 Å². The third-order valence-electron chi connectivity index (χ3n) is 3.81. The minimum absolute atomic E-state index is 0.0564. The normalized spacial score (nSPS) is 12.1. The number of pyridine rings is 1. The van der Waals surface area contributed by atoms with Crippen molar-refractivity contribution in [2.75, 3.05) is 24.7 Å². The predicted molar refractivity (Wildman–Crippen MR) is 106 cm³/mol. The van der Waals surface area contributed by atoms with Crippen molar-refractivity contribution in [2.45, 2.75) is 37.2 Å². The van der Waals surface area contributed by atoms with E-state index in [-0.39, 0.29) is 11.2 Å². The molecule has 3 rings (SSSR count). The molecule has 3 aromatic rings. The molecule has 0 fully saturated rings. The van der Waals surface area contributed by atoms with E-state index in [1.807, 2.05) is 33.2 Å². The summed E-state index contributed by atoms with van der Waals surface area (Å²) in [5, 5.41) is 9.56. The Kier molecular flexibility index (Phi) is 5.84. The van der Waals surface area contributed by atoms with E-state index in [1.165, 1.54) is 0 Å². The van der Waals surface area contributed by atoms with E-state index < -0.39 is 0 Å². The van der Waals surface area contributed by atoms with E-state index in [4.69, 9.17) is 5.73 Å². The molecule has 27 heavy (non-hydrogen) atoms. The summed E-state index contributed by atoms with van der Waals surface area (Å²) >= 11 is 1.55. The maximum Gasteiger partial charge on any atom is 0.229 e. The van der Waals surface area contributed by atoms with Gasteiger partial charge in [-0.2, -0.15) is 15.0 Å². The van der Waals surface area contributed by atoms with Crippen LogP contribution in [0.4, 0.5) is 11.9 Å². The Bertz CT molecular complexity index is 895.